The van der Waals surface area contributed by atoms with Crippen molar-refractivity contribution in [1.29, 1.82) is 0 Å². The van der Waals surface area contributed by atoms with Crippen LogP contribution in [-0.4, -0.2) is 30.8 Å². The van der Waals surface area contributed by atoms with Gasteiger partial charge in [-0.1, -0.05) is 74.5 Å². The highest BCUT2D eigenvalue weighted by Gasteiger charge is 2.58. The molecule has 0 heterocycles. The summed E-state index contributed by atoms with van der Waals surface area (Å²) in [7, 11) is 1.55. The maximum Gasteiger partial charge on any atom is 0.250 e. The number of nitrogens with one attached hydrogen (secondary N) is 3. The molecule has 0 spiro atoms. The summed E-state index contributed by atoms with van der Waals surface area (Å²) in [5.74, 6) is -1.15. The molecule has 0 aromatic heterocycles. The monoisotopic (exact) mass is 465 g/mol. The number of likely N-dealkylation sites (N-methyl/N-ethyl adjacent to an activating group) is 1. The van der Waals surface area contributed by atoms with Crippen LogP contribution in [0.1, 0.15) is 44.2 Å². The van der Waals surface area contributed by atoms with Crippen molar-refractivity contribution in [3.63, 3.8) is 0 Å². The third kappa shape index (κ3) is 6.67. The van der Waals surface area contributed by atoms with Crippen molar-refractivity contribution >= 4 is 17.7 Å². The Labute approximate surface area is 201 Å². The van der Waals surface area contributed by atoms with Crippen LogP contribution in [-0.2, 0) is 32.2 Å². The first-order valence-electron chi connectivity index (χ1n) is 11.9. The molecule has 7 heteroatoms. The molecule has 1 aliphatic carbocycles. The molecule has 3 rings (SSSR count). The van der Waals surface area contributed by atoms with Gasteiger partial charge in [0.25, 0.3) is 5.91 Å². The van der Waals surface area contributed by atoms with Gasteiger partial charge < -0.3 is 10.6 Å². The fourth-order valence-corrected chi connectivity index (χ4v) is 4.29. The average molecular weight is 466 g/mol. The Morgan fingerprint density at radius 1 is 0.912 bits per heavy atom. The summed E-state index contributed by atoms with van der Waals surface area (Å²) in [5.41, 5.74) is 3.65. The standard InChI is InChI=1S/C27H35N3O4/c1-19(2)16-22(24(31)29-23(25(32)28-3)17-20-10-6-4-7-11-20)27(14-15-27)26(33)30-34-18-21-12-8-5-9-13-21/h4-13,19,22-23H,14-18H2,1-3H3,(H,28,32)(H,29,31)(H,30,33)/t22-,23-/m0/s1. The molecule has 34 heavy (non-hydrogen) atoms. The lowest BCUT2D eigenvalue weighted by atomic mass is 9.81. The molecule has 1 aliphatic rings. The van der Waals surface area contributed by atoms with Gasteiger partial charge in [-0.15, -0.1) is 0 Å². The fourth-order valence-electron chi connectivity index (χ4n) is 4.29. The van der Waals surface area contributed by atoms with E-state index in [1.54, 1.807) is 7.05 Å². The van der Waals surface area contributed by atoms with Crippen LogP contribution in [0.15, 0.2) is 60.7 Å². The Balaban J connectivity index is 1.69. The number of hydrogen-bond donors (Lipinski definition) is 3. The van der Waals surface area contributed by atoms with Crippen molar-refractivity contribution < 1.29 is 19.2 Å². The number of hydroxylamine groups is 1. The molecule has 2 aromatic carbocycles. The number of rotatable bonds is 12. The van der Waals surface area contributed by atoms with Gasteiger partial charge in [-0.05, 0) is 36.3 Å². The van der Waals surface area contributed by atoms with E-state index in [0.717, 1.165) is 11.1 Å². The van der Waals surface area contributed by atoms with E-state index in [-0.39, 0.29) is 30.2 Å². The van der Waals surface area contributed by atoms with E-state index >= 15 is 0 Å². The summed E-state index contributed by atoms with van der Waals surface area (Å²) in [6, 6.07) is 18.4. The van der Waals surface area contributed by atoms with Crippen LogP contribution >= 0.6 is 0 Å². The Morgan fingerprint density at radius 3 is 2.03 bits per heavy atom. The zero-order chi connectivity index (χ0) is 24.6. The summed E-state index contributed by atoms with van der Waals surface area (Å²) >= 11 is 0. The Kier molecular flexibility index (Phi) is 8.82. The maximum absolute atomic E-state index is 13.5. The third-order valence-electron chi connectivity index (χ3n) is 6.34. The largest absolute Gasteiger partial charge is 0.357 e. The van der Waals surface area contributed by atoms with Crippen molar-refractivity contribution in [3.05, 3.63) is 71.8 Å². The molecule has 1 fully saturated rings. The molecule has 3 N–H and O–H groups in total. The lowest BCUT2D eigenvalue weighted by Crippen LogP contribution is -2.52. The molecule has 2 aromatic rings. The predicted octanol–water partition coefficient (Wildman–Crippen LogP) is 3.15. The summed E-state index contributed by atoms with van der Waals surface area (Å²) in [4.78, 5) is 44.6. The van der Waals surface area contributed by atoms with E-state index in [4.69, 9.17) is 4.84 Å². The van der Waals surface area contributed by atoms with E-state index in [1.165, 1.54) is 0 Å². The summed E-state index contributed by atoms with van der Waals surface area (Å²) < 4.78 is 0. The second-order valence-corrected chi connectivity index (χ2v) is 9.41. The first-order valence-corrected chi connectivity index (χ1v) is 11.9. The van der Waals surface area contributed by atoms with Crippen molar-refractivity contribution in [2.24, 2.45) is 17.3 Å². The quantitative estimate of drug-likeness (QED) is 0.420. The minimum atomic E-state index is -0.814. The van der Waals surface area contributed by atoms with Gasteiger partial charge in [0.05, 0.1) is 17.9 Å². The van der Waals surface area contributed by atoms with E-state index in [1.807, 2.05) is 74.5 Å². The SMILES string of the molecule is CNC(=O)[C@H](Cc1ccccc1)NC(=O)[C@H](CC(C)C)C1(C(=O)NOCc2ccccc2)CC1. The van der Waals surface area contributed by atoms with Gasteiger partial charge in [0.15, 0.2) is 0 Å². The first kappa shape index (κ1) is 25.4. The summed E-state index contributed by atoms with van der Waals surface area (Å²) in [6.45, 7) is 4.31. The highest BCUT2D eigenvalue weighted by molar-refractivity contribution is 5.94. The number of carbonyl (C=O) groups is 3. The Hall–Kier alpha value is -3.19. The molecule has 0 saturated heterocycles. The average Bonchev–Trinajstić information content (AvgIpc) is 3.64. The smallest absolute Gasteiger partial charge is 0.250 e. The molecule has 182 valence electrons. The van der Waals surface area contributed by atoms with Crippen LogP contribution in [0.4, 0.5) is 0 Å². The van der Waals surface area contributed by atoms with Gasteiger partial charge in [0.2, 0.25) is 11.8 Å². The molecular weight excluding hydrogens is 430 g/mol. The maximum atomic E-state index is 13.5. The van der Waals surface area contributed by atoms with Crippen LogP contribution < -0.4 is 16.1 Å². The Morgan fingerprint density at radius 2 is 1.50 bits per heavy atom. The molecule has 1 saturated carbocycles. The van der Waals surface area contributed by atoms with Crippen molar-refractivity contribution in [1.82, 2.24) is 16.1 Å². The van der Waals surface area contributed by atoms with E-state index in [9.17, 15) is 14.4 Å². The van der Waals surface area contributed by atoms with E-state index < -0.39 is 17.4 Å². The van der Waals surface area contributed by atoms with Crippen LogP contribution in [0, 0.1) is 17.3 Å². The normalized spacial score (nSPS) is 15.8. The zero-order valence-electron chi connectivity index (χ0n) is 20.2. The lowest BCUT2D eigenvalue weighted by Gasteiger charge is -2.28. The molecule has 3 amide bonds. The van der Waals surface area contributed by atoms with Gasteiger partial charge >= 0.3 is 0 Å². The van der Waals surface area contributed by atoms with E-state index in [0.29, 0.717) is 25.7 Å². The second kappa shape index (κ2) is 11.8. The number of benzene rings is 2. The second-order valence-electron chi connectivity index (χ2n) is 9.41. The van der Waals surface area contributed by atoms with Gasteiger partial charge in [-0.3, -0.25) is 19.2 Å². The molecule has 0 aliphatic heterocycles. The van der Waals surface area contributed by atoms with Gasteiger partial charge in [-0.25, -0.2) is 5.48 Å². The topological polar surface area (TPSA) is 96.5 Å². The van der Waals surface area contributed by atoms with Crippen molar-refractivity contribution in [3.8, 4) is 0 Å². The van der Waals surface area contributed by atoms with Crippen LogP contribution in [0.3, 0.4) is 0 Å². The molecule has 7 nitrogen and oxygen atoms in total. The number of hydrogen-bond acceptors (Lipinski definition) is 4. The van der Waals surface area contributed by atoms with Crippen molar-refractivity contribution in [2.45, 2.75) is 52.2 Å². The third-order valence-corrected chi connectivity index (χ3v) is 6.34. The van der Waals surface area contributed by atoms with Gasteiger partial charge in [0.1, 0.15) is 6.04 Å². The fraction of sp³-hybridized carbons (Fsp3) is 0.444. The molecule has 0 unspecified atom stereocenters. The van der Waals surface area contributed by atoms with Crippen LogP contribution in [0.25, 0.3) is 0 Å². The minimum Gasteiger partial charge on any atom is -0.357 e. The number of carbonyl (C=O) groups excluding carboxylic acids is 3. The Bertz CT molecular complexity index is 958. The lowest BCUT2D eigenvalue weighted by molar-refractivity contribution is -0.147. The molecule has 2 atom stereocenters. The van der Waals surface area contributed by atoms with Crippen molar-refractivity contribution in [2.75, 3.05) is 7.05 Å². The predicted molar refractivity (Wildman–Crippen MR) is 130 cm³/mol. The highest BCUT2D eigenvalue weighted by Crippen LogP contribution is 2.54. The zero-order valence-corrected chi connectivity index (χ0v) is 20.2. The molecule has 0 bridgehead atoms. The number of amides is 3. The minimum absolute atomic E-state index is 0.207. The summed E-state index contributed by atoms with van der Waals surface area (Å²) in [6.07, 6.45) is 2.15. The van der Waals surface area contributed by atoms with E-state index in [2.05, 4.69) is 16.1 Å². The van der Waals surface area contributed by atoms with Gasteiger partial charge in [-0.2, -0.15) is 0 Å². The first-order chi connectivity index (χ1) is 16.4. The van der Waals surface area contributed by atoms with Gasteiger partial charge in [0, 0.05) is 13.5 Å². The highest BCUT2D eigenvalue weighted by atomic mass is 16.6. The van der Waals surface area contributed by atoms with Crippen LogP contribution in [0.2, 0.25) is 0 Å². The molecular formula is C27H35N3O4. The van der Waals surface area contributed by atoms with Crippen LogP contribution in [0.5, 0.6) is 0 Å². The summed E-state index contributed by atoms with van der Waals surface area (Å²) in [5, 5.41) is 5.57. The molecule has 0 radical (unpaired) electrons.